The minimum Gasteiger partial charge on any atom is -0.478 e. The number of nitrogens with one attached hydrogen (secondary N) is 1. The van der Waals surface area contributed by atoms with E-state index < -0.39 is 21.5 Å². The molecule has 0 saturated carbocycles. The second-order valence-electron chi connectivity index (χ2n) is 5.86. The maximum Gasteiger partial charge on any atom is 0.337 e. The molecule has 0 aliphatic heterocycles. The predicted molar refractivity (Wildman–Crippen MR) is 81.0 cm³/mol. The number of sulfonamides is 1. The first-order valence-corrected chi connectivity index (χ1v) is 7.88. The molecule has 0 saturated heterocycles. The molecule has 112 valence electrons. The third kappa shape index (κ3) is 3.40. The van der Waals surface area contributed by atoms with E-state index in [0.717, 1.165) is 0 Å². The van der Waals surface area contributed by atoms with Crippen molar-refractivity contribution in [2.75, 3.05) is 0 Å². The summed E-state index contributed by atoms with van der Waals surface area (Å²) in [5.74, 6) is -1.27. The molecule has 0 aliphatic rings. The second-order valence-corrected chi connectivity index (χ2v) is 7.51. The van der Waals surface area contributed by atoms with Crippen molar-refractivity contribution in [2.45, 2.75) is 31.2 Å². The van der Waals surface area contributed by atoms with Crippen LogP contribution in [0.5, 0.6) is 0 Å². The lowest BCUT2D eigenvalue weighted by molar-refractivity contribution is 0.0692. The van der Waals surface area contributed by atoms with Gasteiger partial charge in [-0.1, -0.05) is 24.3 Å². The molecule has 5 nitrogen and oxygen atoms in total. The summed E-state index contributed by atoms with van der Waals surface area (Å²) in [4.78, 5) is 11.2. The molecule has 2 N–H and O–H groups in total. The SMILES string of the molecule is CC(C)(C)NS(=O)(=O)c1cc2ccccc2cc1C(=O)O. The Morgan fingerprint density at radius 3 is 2.10 bits per heavy atom. The fourth-order valence-corrected chi connectivity index (χ4v) is 3.70. The summed E-state index contributed by atoms with van der Waals surface area (Å²) in [5.41, 5.74) is -0.925. The Bertz CT molecular complexity index is 804. The first-order valence-electron chi connectivity index (χ1n) is 6.40. The molecule has 0 aromatic heterocycles. The molecule has 2 rings (SSSR count). The first kappa shape index (κ1) is 15.5. The second kappa shape index (κ2) is 5.13. The van der Waals surface area contributed by atoms with Gasteiger partial charge in [-0.2, -0.15) is 0 Å². The summed E-state index contributed by atoms with van der Waals surface area (Å²) < 4.78 is 27.4. The van der Waals surface area contributed by atoms with Crippen molar-refractivity contribution in [1.29, 1.82) is 0 Å². The van der Waals surface area contributed by atoms with Gasteiger partial charge < -0.3 is 5.11 Å². The molecule has 2 aromatic rings. The minimum atomic E-state index is -3.92. The third-order valence-corrected chi connectivity index (χ3v) is 4.61. The van der Waals surface area contributed by atoms with Crippen molar-refractivity contribution >= 4 is 26.8 Å². The number of benzene rings is 2. The average molecular weight is 307 g/mol. The number of fused-ring (bicyclic) bond motifs is 1. The average Bonchev–Trinajstić information content (AvgIpc) is 2.34. The predicted octanol–water partition coefficient (Wildman–Crippen LogP) is 2.61. The van der Waals surface area contributed by atoms with Gasteiger partial charge in [-0.3, -0.25) is 0 Å². The Balaban J connectivity index is 2.72. The Morgan fingerprint density at radius 2 is 1.62 bits per heavy atom. The van der Waals surface area contributed by atoms with Crippen molar-refractivity contribution in [1.82, 2.24) is 4.72 Å². The van der Waals surface area contributed by atoms with Crippen molar-refractivity contribution in [2.24, 2.45) is 0 Å². The van der Waals surface area contributed by atoms with Gasteiger partial charge in [0.05, 0.1) is 10.5 Å². The maximum absolute atomic E-state index is 12.4. The molecule has 6 heteroatoms. The minimum absolute atomic E-state index is 0.219. The van der Waals surface area contributed by atoms with Gasteiger partial charge in [-0.05, 0) is 43.7 Å². The van der Waals surface area contributed by atoms with Gasteiger partial charge in [0, 0.05) is 5.54 Å². The Hall–Kier alpha value is -1.92. The molecule has 0 spiro atoms. The lowest BCUT2D eigenvalue weighted by Gasteiger charge is -2.21. The number of hydrogen-bond acceptors (Lipinski definition) is 3. The lowest BCUT2D eigenvalue weighted by atomic mass is 10.1. The van der Waals surface area contributed by atoms with Crippen LogP contribution >= 0.6 is 0 Å². The van der Waals surface area contributed by atoms with E-state index in [0.29, 0.717) is 10.8 Å². The van der Waals surface area contributed by atoms with Crippen LogP contribution in [0, 0.1) is 0 Å². The monoisotopic (exact) mass is 307 g/mol. The fourth-order valence-electron chi connectivity index (χ4n) is 2.07. The largest absolute Gasteiger partial charge is 0.478 e. The molecule has 0 atom stereocenters. The van der Waals surface area contributed by atoms with E-state index in [4.69, 9.17) is 0 Å². The van der Waals surface area contributed by atoms with E-state index in [-0.39, 0.29) is 10.5 Å². The Labute approximate surface area is 123 Å². The topological polar surface area (TPSA) is 83.5 Å². The van der Waals surface area contributed by atoms with Crippen LogP contribution in [0.25, 0.3) is 10.8 Å². The van der Waals surface area contributed by atoms with E-state index in [1.165, 1.54) is 12.1 Å². The number of carboxylic acids is 1. The van der Waals surface area contributed by atoms with Gasteiger partial charge >= 0.3 is 5.97 Å². The fraction of sp³-hybridized carbons (Fsp3) is 0.267. The Morgan fingerprint density at radius 1 is 1.10 bits per heavy atom. The van der Waals surface area contributed by atoms with E-state index in [9.17, 15) is 18.3 Å². The highest BCUT2D eigenvalue weighted by Gasteiger charge is 2.27. The normalized spacial score (nSPS) is 12.5. The summed E-state index contributed by atoms with van der Waals surface area (Å²) >= 11 is 0. The van der Waals surface area contributed by atoms with Gasteiger partial charge in [0.1, 0.15) is 0 Å². The van der Waals surface area contributed by atoms with Crippen LogP contribution in [-0.2, 0) is 10.0 Å². The molecule has 21 heavy (non-hydrogen) atoms. The van der Waals surface area contributed by atoms with Crippen molar-refractivity contribution in [3.63, 3.8) is 0 Å². The van der Waals surface area contributed by atoms with E-state index >= 15 is 0 Å². The number of aromatic carboxylic acids is 1. The number of rotatable bonds is 3. The molecule has 0 bridgehead atoms. The quantitative estimate of drug-likeness (QED) is 0.913. The van der Waals surface area contributed by atoms with Gasteiger partial charge in [-0.15, -0.1) is 0 Å². The smallest absolute Gasteiger partial charge is 0.337 e. The zero-order valence-electron chi connectivity index (χ0n) is 12.0. The van der Waals surface area contributed by atoms with Crippen LogP contribution in [0.2, 0.25) is 0 Å². The van der Waals surface area contributed by atoms with Crippen LogP contribution in [0.4, 0.5) is 0 Å². The van der Waals surface area contributed by atoms with Crippen LogP contribution in [-0.4, -0.2) is 25.0 Å². The molecular formula is C15H17NO4S. The summed E-state index contributed by atoms with van der Waals surface area (Å²) in [6, 6.07) is 9.82. The summed E-state index contributed by atoms with van der Waals surface area (Å²) in [5, 5.41) is 10.7. The molecule has 0 amide bonds. The molecule has 0 fully saturated rings. The van der Waals surface area contributed by atoms with E-state index in [1.54, 1.807) is 45.0 Å². The number of carboxylic acid groups (broad SMARTS) is 1. The molecule has 0 unspecified atom stereocenters. The number of hydrogen-bond donors (Lipinski definition) is 2. The van der Waals surface area contributed by atoms with E-state index in [2.05, 4.69) is 4.72 Å². The standard InChI is InChI=1S/C15H17NO4S/c1-15(2,3)16-21(19,20)13-9-11-7-5-4-6-10(11)8-12(13)14(17)18/h4-9,16H,1-3H3,(H,17,18). The van der Waals surface area contributed by atoms with Gasteiger partial charge in [0.15, 0.2) is 0 Å². The Kier molecular flexibility index (Phi) is 3.78. The third-order valence-electron chi connectivity index (χ3n) is 2.81. The van der Waals surface area contributed by atoms with Crippen LogP contribution < -0.4 is 4.72 Å². The summed E-state index contributed by atoms with van der Waals surface area (Å²) in [7, 11) is -3.92. The van der Waals surface area contributed by atoms with Crippen LogP contribution in [0.1, 0.15) is 31.1 Å². The molecule has 0 aliphatic carbocycles. The van der Waals surface area contributed by atoms with Crippen molar-refractivity contribution in [3.05, 3.63) is 42.0 Å². The van der Waals surface area contributed by atoms with Crippen molar-refractivity contribution in [3.8, 4) is 0 Å². The molecule has 0 heterocycles. The van der Waals surface area contributed by atoms with Gasteiger partial charge in [0.25, 0.3) is 0 Å². The highest BCUT2D eigenvalue weighted by molar-refractivity contribution is 7.89. The molecular weight excluding hydrogens is 290 g/mol. The van der Waals surface area contributed by atoms with Gasteiger partial charge in [-0.25, -0.2) is 17.9 Å². The molecule has 2 aromatic carbocycles. The maximum atomic E-state index is 12.4. The lowest BCUT2D eigenvalue weighted by Crippen LogP contribution is -2.41. The molecule has 0 radical (unpaired) electrons. The number of carbonyl (C=O) groups is 1. The highest BCUT2D eigenvalue weighted by Crippen LogP contribution is 2.25. The summed E-state index contributed by atoms with van der Waals surface area (Å²) in [6.07, 6.45) is 0. The summed E-state index contributed by atoms with van der Waals surface area (Å²) in [6.45, 7) is 5.10. The van der Waals surface area contributed by atoms with Crippen LogP contribution in [0.15, 0.2) is 41.3 Å². The zero-order valence-corrected chi connectivity index (χ0v) is 12.9. The first-order chi connectivity index (χ1) is 9.60. The van der Waals surface area contributed by atoms with Crippen molar-refractivity contribution < 1.29 is 18.3 Å². The zero-order chi connectivity index (χ0) is 15.8. The highest BCUT2D eigenvalue weighted by atomic mass is 32.2. The van der Waals surface area contributed by atoms with Crippen LogP contribution in [0.3, 0.4) is 0 Å². The van der Waals surface area contributed by atoms with E-state index in [1.807, 2.05) is 0 Å². The van der Waals surface area contributed by atoms with Gasteiger partial charge in [0.2, 0.25) is 10.0 Å².